The second-order valence-corrected chi connectivity index (χ2v) is 3.34. The smallest absolute Gasteiger partial charge is 0.142 e. The lowest BCUT2D eigenvalue weighted by molar-refractivity contribution is 0.598. The van der Waals surface area contributed by atoms with E-state index in [1.807, 2.05) is 0 Å². The number of allylic oxidation sites excluding steroid dienone is 1. The van der Waals surface area contributed by atoms with Crippen molar-refractivity contribution < 1.29 is 8.78 Å². The van der Waals surface area contributed by atoms with Gasteiger partial charge in [-0.05, 0) is 12.1 Å². The molecule has 0 fully saturated rings. The zero-order valence-corrected chi connectivity index (χ0v) is 8.87. The minimum absolute atomic E-state index is 0.0844. The van der Waals surface area contributed by atoms with E-state index in [1.165, 1.54) is 6.08 Å². The summed E-state index contributed by atoms with van der Waals surface area (Å²) in [6.07, 6.45) is 3.08. The zero-order valence-electron chi connectivity index (χ0n) is 6.53. The third kappa shape index (κ3) is 2.51. The van der Waals surface area contributed by atoms with Crippen LogP contribution in [-0.2, 0) is 0 Å². The van der Waals surface area contributed by atoms with Gasteiger partial charge >= 0.3 is 0 Å². The van der Waals surface area contributed by atoms with E-state index in [0.29, 0.717) is 5.33 Å². The minimum atomic E-state index is -0.614. The van der Waals surface area contributed by atoms with Gasteiger partial charge in [0.1, 0.15) is 11.6 Å². The molecule has 0 spiro atoms. The fraction of sp³-hybridized carbons (Fsp3) is 0.111. The molecule has 0 heterocycles. The number of alkyl halides is 1. The molecule has 1 aromatic rings. The summed E-state index contributed by atoms with van der Waals surface area (Å²) in [5.74, 6) is -1.14. The van der Waals surface area contributed by atoms with E-state index in [-0.39, 0.29) is 10.6 Å². The maximum absolute atomic E-state index is 13.0. The minimum Gasteiger partial charge on any atom is -0.206 e. The maximum atomic E-state index is 13.0. The van der Waals surface area contributed by atoms with Crippen LogP contribution in [0.15, 0.2) is 18.2 Å². The zero-order chi connectivity index (χ0) is 9.84. The molecule has 13 heavy (non-hydrogen) atoms. The summed E-state index contributed by atoms with van der Waals surface area (Å²) < 4.78 is 25.9. The highest BCUT2D eigenvalue weighted by atomic mass is 79.9. The van der Waals surface area contributed by atoms with Crippen LogP contribution in [0.1, 0.15) is 5.56 Å². The highest BCUT2D eigenvalue weighted by Gasteiger charge is 2.08. The standard InChI is InChI=1S/C9H6BrClF2/c10-5-1-2-6-7(12)3-4-8(13)9(6)11/h1-4H,5H2. The lowest BCUT2D eigenvalue weighted by Gasteiger charge is -2.00. The number of hydrogen-bond acceptors (Lipinski definition) is 0. The summed E-state index contributed by atoms with van der Waals surface area (Å²) in [6.45, 7) is 0. The third-order valence-corrected chi connectivity index (χ3v) is 2.21. The van der Waals surface area contributed by atoms with E-state index >= 15 is 0 Å². The quantitative estimate of drug-likeness (QED) is 0.561. The third-order valence-electron chi connectivity index (χ3n) is 1.45. The number of rotatable bonds is 2. The molecule has 0 amide bonds. The Labute approximate surface area is 88.3 Å². The van der Waals surface area contributed by atoms with Crippen LogP contribution >= 0.6 is 27.5 Å². The first kappa shape index (κ1) is 10.7. The molecule has 0 nitrogen and oxygen atoms in total. The number of hydrogen-bond donors (Lipinski definition) is 0. The van der Waals surface area contributed by atoms with Gasteiger partial charge in [-0.15, -0.1) is 0 Å². The van der Waals surface area contributed by atoms with Crippen LogP contribution in [0.5, 0.6) is 0 Å². The van der Waals surface area contributed by atoms with Crippen molar-refractivity contribution in [2.45, 2.75) is 0 Å². The lowest BCUT2D eigenvalue weighted by atomic mass is 10.2. The Balaban J connectivity index is 3.17. The number of halogens is 4. The summed E-state index contributed by atoms with van der Waals surface area (Å²) in [6, 6.07) is 2.05. The molecular formula is C9H6BrClF2. The van der Waals surface area contributed by atoms with Gasteiger partial charge in [0, 0.05) is 10.9 Å². The van der Waals surface area contributed by atoms with E-state index in [1.54, 1.807) is 6.08 Å². The fourth-order valence-corrected chi connectivity index (χ4v) is 1.26. The molecule has 0 aliphatic rings. The van der Waals surface area contributed by atoms with Crippen LogP contribution < -0.4 is 0 Å². The molecule has 0 saturated carbocycles. The average molecular weight is 268 g/mol. The van der Waals surface area contributed by atoms with Crippen LogP contribution in [0.25, 0.3) is 6.08 Å². The Bertz CT molecular complexity index is 337. The number of benzene rings is 1. The molecule has 4 heteroatoms. The topological polar surface area (TPSA) is 0 Å². The Morgan fingerprint density at radius 2 is 1.92 bits per heavy atom. The van der Waals surface area contributed by atoms with Crippen molar-refractivity contribution in [3.05, 3.63) is 40.4 Å². The van der Waals surface area contributed by atoms with Crippen LogP contribution in [0.3, 0.4) is 0 Å². The Kier molecular flexibility index (Phi) is 3.88. The summed E-state index contributed by atoms with van der Waals surface area (Å²) in [4.78, 5) is 0. The molecular weight excluding hydrogens is 261 g/mol. The Morgan fingerprint density at radius 1 is 1.31 bits per heavy atom. The van der Waals surface area contributed by atoms with E-state index in [4.69, 9.17) is 11.6 Å². The SMILES string of the molecule is Fc1ccc(F)c(C=CCBr)c1Cl. The van der Waals surface area contributed by atoms with Gasteiger partial charge in [-0.3, -0.25) is 0 Å². The van der Waals surface area contributed by atoms with E-state index in [0.717, 1.165) is 12.1 Å². The van der Waals surface area contributed by atoms with Gasteiger partial charge in [-0.1, -0.05) is 39.7 Å². The maximum Gasteiger partial charge on any atom is 0.142 e. The summed E-state index contributed by atoms with van der Waals surface area (Å²) in [7, 11) is 0. The van der Waals surface area contributed by atoms with Crippen molar-refractivity contribution >= 4 is 33.6 Å². The monoisotopic (exact) mass is 266 g/mol. The molecule has 0 radical (unpaired) electrons. The molecule has 70 valence electrons. The summed E-state index contributed by atoms with van der Waals surface area (Å²) >= 11 is 8.68. The molecule has 1 aromatic carbocycles. The highest BCUT2D eigenvalue weighted by molar-refractivity contribution is 9.09. The van der Waals surface area contributed by atoms with Gasteiger partial charge in [0.2, 0.25) is 0 Å². The molecule has 0 aliphatic heterocycles. The van der Waals surface area contributed by atoms with Gasteiger partial charge in [0.25, 0.3) is 0 Å². The van der Waals surface area contributed by atoms with Gasteiger partial charge < -0.3 is 0 Å². The molecule has 0 unspecified atom stereocenters. The Hall–Kier alpha value is -0.410. The first-order chi connectivity index (χ1) is 6.16. The fourth-order valence-electron chi connectivity index (χ4n) is 0.858. The van der Waals surface area contributed by atoms with Crippen LogP contribution in [-0.4, -0.2) is 5.33 Å². The summed E-state index contributed by atoms with van der Waals surface area (Å²) in [5.41, 5.74) is 0.0844. The largest absolute Gasteiger partial charge is 0.206 e. The molecule has 0 aromatic heterocycles. The van der Waals surface area contributed by atoms with Gasteiger partial charge in [0.15, 0.2) is 0 Å². The first-order valence-corrected chi connectivity index (χ1v) is 5.02. The predicted octanol–water partition coefficient (Wildman–Crippen LogP) is 4.03. The average Bonchev–Trinajstić information content (AvgIpc) is 2.12. The van der Waals surface area contributed by atoms with Crippen molar-refractivity contribution in [1.29, 1.82) is 0 Å². The van der Waals surface area contributed by atoms with Crippen LogP contribution in [0, 0.1) is 11.6 Å². The first-order valence-electron chi connectivity index (χ1n) is 3.53. The van der Waals surface area contributed by atoms with Gasteiger partial charge in [0.05, 0.1) is 5.02 Å². The van der Waals surface area contributed by atoms with E-state index < -0.39 is 11.6 Å². The molecule has 0 saturated heterocycles. The highest BCUT2D eigenvalue weighted by Crippen LogP contribution is 2.23. The lowest BCUT2D eigenvalue weighted by Crippen LogP contribution is -1.87. The molecule has 0 bridgehead atoms. The predicted molar refractivity (Wildman–Crippen MR) is 54.2 cm³/mol. The normalized spacial score (nSPS) is 11.1. The van der Waals surface area contributed by atoms with E-state index in [9.17, 15) is 8.78 Å². The summed E-state index contributed by atoms with van der Waals surface area (Å²) in [5, 5.41) is 0.386. The second kappa shape index (κ2) is 4.72. The van der Waals surface area contributed by atoms with Crippen molar-refractivity contribution in [3.63, 3.8) is 0 Å². The van der Waals surface area contributed by atoms with Crippen LogP contribution in [0.4, 0.5) is 8.78 Å². The van der Waals surface area contributed by atoms with Crippen molar-refractivity contribution in [2.75, 3.05) is 5.33 Å². The van der Waals surface area contributed by atoms with Crippen molar-refractivity contribution in [1.82, 2.24) is 0 Å². The second-order valence-electron chi connectivity index (χ2n) is 2.31. The van der Waals surface area contributed by atoms with Crippen LogP contribution in [0.2, 0.25) is 5.02 Å². The van der Waals surface area contributed by atoms with Crippen molar-refractivity contribution in [3.8, 4) is 0 Å². The van der Waals surface area contributed by atoms with Gasteiger partial charge in [-0.25, -0.2) is 8.78 Å². The Morgan fingerprint density at radius 3 is 2.54 bits per heavy atom. The molecule has 0 N–H and O–H groups in total. The van der Waals surface area contributed by atoms with Crippen molar-refractivity contribution in [2.24, 2.45) is 0 Å². The molecule has 1 rings (SSSR count). The van der Waals surface area contributed by atoms with Gasteiger partial charge in [-0.2, -0.15) is 0 Å². The molecule has 0 atom stereocenters. The molecule has 0 aliphatic carbocycles. The van der Waals surface area contributed by atoms with E-state index in [2.05, 4.69) is 15.9 Å².